The molecule has 0 saturated carbocycles. The molecule has 0 bridgehead atoms. The number of carbonyl (C=O) groups is 2. The van der Waals surface area contributed by atoms with E-state index in [0.29, 0.717) is 47.0 Å². The highest BCUT2D eigenvalue weighted by Crippen LogP contribution is 2.31. The lowest BCUT2D eigenvalue weighted by atomic mass is 10.00. The van der Waals surface area contributed by atoms with Gasteiger partial charge in [-0.1, -0.05) is 30.3 Å². The van der Waals surface area contributed by atoms with Crippen LogP contribution in [0.3, 0.4) is 0 Å². The van der Waals surface area contributed by atoms with Crippen LogP contribution in [0.1, 0.15) is 48.4 Å². The highest BCUT2D eigenvalue weighted by atomic mass is 16.5. The summed E-state index contributed by atoms with van der Waals surface area (Å²) in [6, 6.07) is 20.8. The van der Waals surface area contributed by atoms with Crippen molar-refractivity contribution in [2.45, 2.75) is 39.8 Å². The van der Waals surface area contributed by atoms with Gasteiger partial charge in [0.25, 0.3) is 5.91 Å². The van der Waals surface area contributed by atoms with Crippen LogP contribution >= 0.6 is 0 Å². The molecular formula is C31H38N2O5. The van der Waals surface area contributed by atoms with Crippen LogP contribution in [-0.4, -0.2) is 62.7 Å². The van der Waals surface area contributed by atoms with E-state index in [1.165, 1.54) is 7.11 Å². The first-order chi connectivity index (χ1) is 18.2. The number of methoxy groups -OCH3 is 2. The predicted molar refractivity (Wildman–Crippen MR) is 152 cm³/mol. The Morgan fingerprint density at radius 1 is 0.816 bits per heavy atom. The summed E-state index contributed by atoms with van der Waals surface area (Å²) in [5.74, 6) is 0.878. The van der Waals surface area contributed by atoms with Gasteiger partial charge in [0.05, 0.1) is 7.11 Å². The summed E-state index contributed by atoms with van der Waals surface area (Å²) in [6.45, 7) is 10.0. The van der Waals surface area contributed by atoms with Crippen molar-refractivity contribution >= 4 is 17.4 Å². The maximum Gasteiger partial charge on any atom is 0.255 e. The Kier molecular flexibility index (Phi) is 10.4. The number of rotatable bonds is 13. The van der Waals surface area contributed by atoms with Crippen LogP contribution in [0.15, 0.2) is 66.7 Å². The Hall–Kier alpha value is -3.68. The van der Waals surface area contributed by atoms with Gasteiger partial charge in [-0.05, 0) is 69.2 Å². The molecule has 0 spiro atoms. The van der Waals surface area contributed by atoms with Crippen LogP contribution in [0.5, 0.6) is 11.5 Å². The van der Waals surface area contributed by atoms with Gasteiger partial charge < -0.3 is 19.5 Å². The molecule has 202 valence electrons. The van der Waals surface area contributed by atoms with Crippen LogP contribution in [0.4, 0.5) is 5.69 Å². The number of nitrogens with one attached hydrogen (secondary N) is 1. The molecule has 1 N–H and O–H groups in total. The Labute approximate surface area is 225 Å². The average Bonchev–Trinajstić information content (AvgIpc) is 2.91. The second kappa shape index (κ2) is 13.7. The van der Waals surface area contributed by atoms with E-state index < -0.39 is 0 Å². The molecule has 3 rings (SSSR count). The fourth-order valence-electron chi connectivity index (χ4n) is 4.34. The standard InChI is InChI=1S/C31H38N2O5/c1-21(2)33(22(3)4)16-17-38-30-19-27(14-15-29(30)37-6)32-31(35)24-12-10-23(11-13-24)25-8-7-9-26(18-25)28(34)20-36-5/h7-15,18-19,21-22H,16-17,20H2,1-6H3,(H,32,35). The molecule has 0 heterocycles. The van der Waals surface area contributed by atoms with Gasteiger partial charge in [-0.3, -0.25) is 14.5 Å². The summed E-state index contributed by atoms with van der Waals surface area (Å²) >= 11 is 0. The molecule has 0 saturated heterocycles. The molecule has 0 aliphatic heterocycles. The van der Waals surface area contributed by atoms with Crippen LogP contribution in [-0.2, 0) is 4.74 Å². The zero-order chi connectivity index (χ0) is 27.7. The van der Waals surface area contributed by atoms with Gasteiger partial charge in [-0.2, -0.15) is 0 Å². The number of hydrogen-bond donors (Lipinski definition) is 1. The van der Waals surface area contributed by atoms with E-state index >= 15 is 0 Å². The lowest BCUT2D eigenvalue weighted by molar-refractivity contribution is 0.0848. The summed E-state index contributed by atoms with van der Waals surface area (Å²) in [5.41, 5.74) is 3.52. The third-order valence-corrected chi connectivity index (χ3v) is 6.30. The summed E-state index contributed by atoms with van der Waals surface area (Å²) in [6.07, 6.45) is 0. The van der Waals surface area contributed by atoms with Gasteiger partial charge in [0, 0.05) is 48.6 Å². The third-order valence-electron chi connectivity index (χ3n) is 6.30. The molecule has 7 nitrogen and oxygen atoms in total. The Balaban J connectivity index is 1.68. The van der Waals surface area contributed by atoms with Crippen LogP contribution in [0.2, 0.25) is 0 Å². The fraction of sp³-hybridized carbons (Fsp3) is 0.355. The summed E-state index contributed by atoms with van der Waals surface area (Å²) in [5, 5.41) is 2.94. The number of carbonyl (C=O) groups excluding carboxylic acids is 2. The maximum absolute atomic E-state index is 12.9. The second-order valence-corrected chi connectivity index (χ2v) is 9.61. The molecule has 0 aliphatic carbocycles. The van der Waals surface area contributed by atoms with Crippen molar-refractivity contribution in [1.29, 1.82) is 0 Å². The second-order valence-electron chi connectivity index (χ2n) is 9.61. The predicted octanol–water partition coefficient (Wildman–Crippen LogP) is 5.94. The van der Waals surface area contributed by atoms with E-state index in [4.69, 9.17) is 14.2 Å². The number of Topliss-reactive ketones (excluding diaryl/α,β-unsaturated/α-hetero) is 1. The minimum absolute atomic E-state index is 0.0367. The van der Waals surface area contributed by atoms with E-state index in [0.717, 1.165) is 17.7 Å². The van der Waals surface area contributed by atoms with Crippen molar-refractivity contribution in [2.75, 3.05) is 39.3 Å². The minimum atomic E-state index is -0.234. The van der Waals surface area contributed by atoms with E-state index in [1.807, 2.05) is 30.3 Å². The first kappa shape index (κ1) is 28.9. The first-order valence-electron chi connectivity index (χ1n) is 12.8. The van der Waals surface area contributed by atoms with E-state index in [9.17, 15) is 9.59 Å². The zero-order valence-corrected chi connectivity index (χ0v) is 23.1. The lowest BCUT2D eigenvalue weighted by Gasteiger charge is -2.30. The van der Waals surface area contributed by atoms with Crippen LogP contribution in [0, 0.1) is 0 Å². The summed E-state index contributed by atoms with van der Waals surface area (Å²) < 4.78 is 16.4. The number of ketones is 1. The smallest absolute Gasteiger partial charge is 0.255 e. The number of ether oxygens (including phenoxy) is 3. The van der Waals surface area contributed by atoms with Crippen molar-refractivity contribution in [3.63, 3.8) is 0 Å². The number of anilines is 1. The van der Waals surface area contributed by atoms with Crippen molar-refractivity contribution in [3.05, 3.63) is 77.9 Å². The molecule has 1 amide bonds. The first-order valence-corrected chi connectivity index (χ1v) is 12.8. The Morgan fingerprint density at radius 2 is 1.53 bits per heavy atom. The van der Waals surface area contributed by atoms with Crippen molar-refractivity contribution in [1.82, 2.24) is 4.90 Å². The van der Waals surface area contributed by atoms with E-state index in [-0.39, 0.29) is 18.3 Å². The molecule has 7 heteroatoms. The van der Waals surface area contributed by atoms with Crippen molar-refractivity contribution in [3.8, 4) is 22.6 Å². The normalized spacial score (nSPS) is 11.2. The van der Waals surface area contributed by atoms with Crippen LogP contribution in [0.25, 0.3) is 11.1 Å². The van der Waals surface area contributed by atoms with Crippen LogP contribution < -0.4 is 14.8 Å². The van der Waals surface area contributed by atoms with E-state index in [1.54, 1.807) is 43.5 Å². The fourth-order valence-corrected chi connectivity index (χ4v) is 4.34. The average molecular weight is 519 g/mol. The molecule has 0 aromatic heterocycles. The molecular weight excluding hydrogens is 480 g/mol. The number of benzene rings is 3. The molecule has 0 fully saturated rings. The molecule has 0 atom stereocenters. The monoisotopic (exact) mass is 518 g/mol. The summed E-state index contributed by atoms with van der Waals surface area (Å²) in [4.78, 5) is 27.5. The van der Waals surface area contributed by atoms with E-state index in [2.05, 4.69) is 37.9 Å². The highest BCUT2D eigenvalue weighted by molar-refractivity contribution is 6.04. The topological polar surface area (TPSA) is 77.1 Å². The largest absolute Gasteiger partial charge is 0.493 e. The molecule has 38 heavy (non-hydrogen) atoms. The van der Waals surface area contributed by atoms with Gasteiger partial charge in [0.2, 0.25) is 0 Å². The molecule has 3 aromatic carbocycles. The Bertz CT molecular complexity index is 1210. The lowest BCUT2D eigenvalue weighted by Crippen LogP contribution is -2.39. The van der Waals surface area contributed by atoms with Gasteiger partial charge in [-0.15, -0.1) is 0 Å². The minimum Gasteiger partial charge on any atom is -0.493 e. The number of nitrogens with zero attached hydrogens (tertiary/aromatic N) is 1. The highest BCUT2D eigenvalue weighted by Gasteiger charge is 2.15. The third kappa shape index (κ3) is 7.66. The Morgan fingerprint density at radius 3 is 2.16 bits per heavy atom. The molecule has 3 aromatic rings. The van der Waals surface area contributed by atoms with Gasteiger partial charge >= 0.3 is 0 Å². The van der Waals surface area contributed by atoms with Gasteiger partial charge in [-0.25, -0.2) is 0 Å². The molecule has 0 radical (unpaired) electrons. The SMILES string of the molecule is COCC(=O)c1cccc(-c2ccc(C(=O)Nc3ccc(OC)c(OCCN(C(C)C)C(C)C)c3)cc2)c1. The molecule has 0 aliphatic rings. The van der Waals surface area contributed by atoms with Gasteiger partial charge in [0.1, 0.15) is 13.2 Å². The quantitative estimate of drug-likeness (QED) is 0.282. The zero-order valence-electron chi connectivity index (χ0n) is 23.1. The molecule has 0 unspecified atom stereocenters. The summed E-state index contributed by atoms with van der Waals surface area (Å²) in [7, 11) is 3.10. The number of hydrogen-bond acceptors (Lipinski definition) is 6. The maximum atomic E-state index is 12.9. The van der Waals surface area contributed by atoms with Gasteiger partial charge in [0.15, 0.2) is 17.3 Å². The van der Waals surface area contributed by atoms with Crippen molar-refractivity contribution < 1.29 is 23.8 Å². The van der Waals surface area contributed by atoms with Crippen molar-refractivity contribution in [2.24, 2.45) is 0 Å². The number of amides is 1.